The average molecular weight is 187 g/mol. The fourth-order valence-electron chi connectivity index (χ4n) is 3.41. The quantitative estimate of drug-likeness (QED) is 0.662. The maximum atomic E-state index is 6.13. The molecule has 2 aliphatic carbocycles. The number of benzene rings is 1. The Morgan fingerprint density at radius 2 is 2.07 bits per heavy atom. The summed E-state index contributed by atoms with van der Waals surface area (Å²) in [4.78, 5) is 0. The maximum absolute atomic E-state index is 6.13. The van der Waals surface area contributed by atoms with Gasteiger partial charge in [0.05, 0.1) is 0 Å². The van der Waals surface area contributed by atoms with Gasteiger partial charge in [0.1, 0.15) is 0 Å². The van der Waals surface area contributed by atoms with Crippen molar-refractivity contribution >= 4 is 0 Å². The van der Waals surface area contributed by atoms with Gasteiger partial charge in [-0.2, -0.15) is 0 Å². The van der Waals surface area contributed by atoms with Gasteiger partial charge in [0.15, 0.2) is 0 Å². The minimum Gasteiger partial charge on any atom is -0.327 e. The second kappa shape index (κ2) is 2.83. The third-order valence-corrected chi connectivity index (χ3v) is 4.29. The standard InChI is InChI=1S/C13H17N/c1-8-12-10-5-3-2-4-9(10)6-7-11(12)13(8)14/h2-5,8,11-13H,6-7,14H2,1H3. The first-order valence-corrected chi connectivity index (χ1v) is 5.62. The van der Waals surface area contributed by atoms with Crippen molar-refractivity contribution in [1.29, 1.82) is 0 Å². The second-order valence-corrected chi connectivity index (χ2v) is 4.86. The Morgan fingerprint density at radius 3 is 2.93 bits per heavy atom. The van der Waals surface area contributed by atoms with E-state index in [4.69, 9.17) is 5.73 Å². The molecule has 1 heteroatoms. The van der Waals surface area contributed by atoms with Crippen LogP contribution in [0.2, 0.25) is 0 Å². The third-order valence-electron chi connectivity index (χ3n) is 4.29. The molecule has 3 rings (SSSR count). The van der Waals surface area contributed by atoms with Crippen molar-refractivity contribution in [1.82, 2.24) is 0 Å². The van der Waals surface area contributed by atoms with Crippen molar-refractivity contribution in [3.8, 4) is 0 Å². The zero-order valence-electron chi connectivity index (χ0n) is 8.61. The Bertz CT molecular complexity index is 358. The summed E-state index contributed by atoms with van der Waals surface area (Å²) in [5, 5.41) is 0. The molecule has 0 aliphatic heterocycles. The summed E-state index contributed by atoms with van der Waals surface area (Å²) in [6, 6.07) is 9.35. The van der Waals surface area contributed by atoms with Crippen LogP contribution in [-0.4, -0.2) is 6.04 Å². The summed E-state index contributed by atoms with van der Waals surface area (Å²) in [6.07, 6.45) is 2.53. The zero-order valence-corrected chi connectivity index (χ0v) is 8.61. The van der Waals surface area contributed by atoms with E-state index >= 15 is 0 Å². The van der Waals surface area contributed by atoms with Gasteiger partial charge >= 0.3 is 0 Å². The summed E-state index contributed by atoms with van der Waals surface area (Å²) in [6.45, 7) is 2.30. The Hall–Kier alpha value is -0.820. The summed E-state index contributed by atoms with van der Waals surface area (Å²) in [5.41, 5.74) is 9.28. The highest BCUT2D eigenvalue weighted by molar-refractivity contribution is 5.37. The highest BCUT2D eigenvalue weighted by Crippen LogP contribution is 2.52. The molecule has 1 aromatic carbocycles. The van der Waals surface area contributed by atoms with Gasteiger partial charge in [-0.05, 0) is 41.7 Å². The van der Waals surface area contributed by atoms with E-state index in [1.807, 2.05) is 0 Å². The topological polar surface area (TPSA) is 26.0 Å². The summed E-state index contributed by atoms with van der Waals surface area (Å²) >= 11 is 0. The molecule has 0 aromatic heterocycles. The largest absolute Gasteiger partial charge is 0.327 e. The van der Waals surface area contributed by atoms with Crippen LogP contribution in [0, 0.1) is 11.8 Å². The number of nitrogens with two attached hydrogens (primary N) is 1. The molecule has 74 valence electrons. The lowest BCUT2D eigenvalue weighted by molar-refractivity contribution is 0.0950. The molecule has 1 saturated carbocycles. The number of aryl methyl sites for hydroxylation is 1. The van der Waals surface area contributed by atoms with Crippen molar-refractivity contribution in [3.05, 3.63) is 35.4 Å². The van der Waals surface area contributed by atoms with Crippen LogP contribution < -0.4 is 5.73 Å². The van der Waals surface area contributed by atoms with Gasteiger partial charge in [0.2, 0.25) is 0 Å². The van der Waals surface area contributed by atoms with E-state index in [0.717, 1.165) is 11.8 Å². The van der Waals surface area contributed by atoms with E-state index in [0.29, 0.717) is 12.0 Å². The molecule has 4 unspecified atom stereocenters. The predicted molar refractivity (Wildman–Crippen MR) is 58.1 cm³/mol. The molecule has 0 amide bonds. The van der Waals surface area contributed by atoms with Crippen LogP contribution in [0.15, 0.2) is 24.3 Å². The van der Waals surface area contributed by atoms with Crippen molar-refractivity contribution in [2.45, 2.75) is 31.7 Å². The van der Waals surface area contributed by atoms with Crippen LogP contribution in [0.5, 0.6) is 0 Å². The van der Waals surface area contributed by atoms with Crippen molar-refractivity contribution in [2.75, 3.05) is 0 Å². The fraction of sp³-hybridized carbons (Fsp3) is 0.538. The molecule has 14 heavy (non-hydrogen) atoms. The molecule has 1 aromatic rings. The van der Waals surface area contributed by atoms with Gasteiger partial charge in [-0.1, -0.05) is 31.2 Å². The van der Waals surface area contributed by atoms with E-state index < -0.39 is 0 Å². The maximum Gasteiger partial charge on any atom is 0.0105 e. The van der Waals surface area contributed by atoms with Gasteiger partial charge in [-0.15, -0.1) is 0 Å². The molecule has 0 saturated heterocycles. The lowest BCUT2D eigenvalue weighted by Crippen LogP contribution is -2.55. The lowest BCUT2D eigenvalue weighted by atomic mass is 9.54. The fourth-order valence-corrected chi connectivity index (χ4v) is 3.41. The van der Waals surface area contributed by atoms with E-state index in [2.05, 4.69) is 31.2 Å². The van der Waals surface area contributed by atoms with E-state index in [-0.39, 0.29) is 0 Å². The first-order valence-electron chi connectivity index (χ1n) is 5.62. The lowest BCUT2D eigenvalue weighted by Gasteiger charge is -2.52. The summed E-state index contributed by atoms with van der Waals surface area (Å²) < 4.78 is 0. The number of rotatable bonds is 0. The van der Waals surface area contributed by atoms with Gasteiger partial charge in [-0.3, -0.25) is 0 Å². The molecular weight excluding hydrogens is 170 g/mol. The van der Waals surface area contributed by atoms with Gasteiger partial charge in [-0.25, -0.2) is 0 Å². The Balaban J connectivity index is 2.03. The summed E-state index contributed by atoms with van der Waals surface area (Å²) in [5.74, 6) is 2.20. The first kappa shape index (κ1) is 8.49. The van der Waals surface area contributed by atoms with Gasteiger partial charge < -0.3 is 5.73 Å². The molecule has 0 bridgehead atoms. The Kier molecular flexibility index (Phi) is 1.72. The second-order valence-electron chi connectivity index (χ2n) is 4.86. The number of fused-ring (bicyclic) bond motifs is 3. The molecule has 2 aliphatic rings. The van der Waals surface area contributed by atoms with Crippen LogP contribution in [0.1, 0.15) is 30.4 Å². The molecule has 0 heterocycles. The highest BCUT2D eigenvalue weighted by atomic mass is 14.8. The van der Waals surface area contributed by atoms with E-state index in [1.165, 1.54) is 12.8 Å². The highest BCUT2D eigenvalue weighted by Gasteiger charge is 2.48. The van der Waals surface area contributed by atoms with Crippen LogP contribution >= 0.6 is 0 Å². The minimum atomic E-state index is 0.452. The van der Waals surface area contributed by atoms with Crippen molar-refractivity contribution in [3.63, 3.8) is 0 Å². The van der Waals surface area contributed by atoms with E-state index in [9.17, 15) is 0 Å². The van der Waals surface area contributed by atoms with Crippen LogP contribution in [-0.2, 0) is 6.42 Å². The monoisotopic (exact) mass is 187 g/mol. The van der Waals surface area contributed by atoms with Crippen LogP contribution in [0.4, 0.5) is 0 Å². The smallest absolute Gasteiger partial charge is 0.0105 e. The number of hydrogen-bond acceptors (Lipinski definition) is 1. The molecule has 1 nitrogen and oxygen atoms in total. The first-order chi connectivity index (χ1) is 6.79. The third kappa shape index (κ3) is 0.936. The zero-order chi connectivity index (χ0) is 9.71. The van der Waals surface area contributed by atoms with Gasteiger partial charge in [0.25, 0.3) is 0 Å². The van der Waals surface area contributed by atoms with Crippen LogP contribution in [0.25, 0.3) is 0 Å². The van der Waals surface area contributed by atoms with Crippen molar-refractivity contribution < 1.29 is 0 Å². The number of hydrogen-bond donors (Lipinski definition) is 1. The molecule has 0 radical (unpaired) electrons. The molecule has 0 spiro atoms. The molecule has 4 atom stereocenters. The molecule has 2 N–H and O–H groups in total. The Morgan fingerprint density at radius 1 is 1.29 bits per heavy atom. The normalized spacial score (nSPS) is 39.6. The summed E-state index contributed by atoms with van der Waals surface area (Å²) in [7, 11) is 0. The Labute approximate surface area is 85.3 Å². The molecule has 1 fully saturated rings. The SMILES string of the molecule is CC1C(N)C2CCc3ccccc3C12. The van der Waals surface area contributed by atoms with Gasteiger partial charge in [0, 0.05) is 6.04 Å². The van der Waals surface area contributed by atoms with E-state index in [1.54, 1.807) is 11.1 Å². The van der Waals surface area contributed by atoms with Crippen LogP contribution in [0.3, 0.4) is 0 Å². The minimum absolute atomic E-state index is 0.452. The predicted octanol–water partition coefficient (Wildman–Crippen LogP) is 2.31. The van der Waals surface area contributed by atoms with Crippen molar-refractivity contribution in [2.24, 2.45) is 17.6 Å². The average Bonchev–Trinajstić information content (AvgIpc) is 2.26. The molecular formula is C13H17N.